The largest absolute Gasteiger partial charge is 0.480 e. The second kappa shape index (κ2) is 11.8. The fraction of sp³-hybridized carbons (Fsp3) is 0.440. The van der Waals surface area contributed by atoms with E-state index in [1.54, 1.807) is 30.3 Å². The maximum atomic E-state index is 12.6. The Hall–Kier alpha value is -2.99. The monoisotopic (exact) mass is 515 g/mol. The lowest BCUT2D eigenvalue weighted by Crippen LogP contribution is -2.52. The Labute approximate surface area is 211 Å². The van der Waals surface area contributed by atoms with Crippen molar-refractivity contribution in [3.05, 3.63) is 60.2 Å². The average molecular weight is 516 g/mol. The van der Waals surface area contributed by atoms with E-state index in [9.17, 15) is 23.1 Å². The first-order valence-corrected chi connectivity index (χ1v) is 13.7. The van der Waals surface area contributed by atoms with Gasteiger partial charge in [0.05, 0.1) is 4.90 Å². The van der Waals surface area contributed by atoms with Crippen molar-refractivity contribution in [3.8, 4) is 0 Å². The second-order valence-corrected chi connectivity index (χ2v) is 10.8. The summed E-state index contributed by atoms with van der Waals surface area (Å²) >= 11 is 0. The number of hydrogen-bond donors (Lipinski definition) is 4. The second-order valence-electron chi connectivity index (χ2n) is 9.09. The molecule has 36 heavy (non-hydrogen) atoms. The predicted molar refractivity (Wildman–Crippen MR) is 137 cm³/mol. The van der Waals surface area contributed by atoms with E-state index in [0.717, 1.165) is 45.0 Å². The number of hydrogen-bond acceptors (Lipinski definition) is 7. The molecule has 0 unspecified atom stereocenters. The number of piperidine rings is 1. The average Bonchev–Trinajstić information content (AvgIpc) is 2.92. The summed E-state index contributed by atoms with van der Waals surface area (Å²) in [5, 5.41) is 15.4. The minimum Gasteiger partial charge on any atom is -0.480 e. The van der Waals surface area contributed by atoms with Crippen molar-refractivity contribution in [3.63, 3.8) is 0 Å². The molecule has 0 spiro atoms. The van der Waals surface area contributed by atoms with Crippen LogP contribution in [0.1, 0.15) is 23.2 Å². The summed E-state index contributed by atoms with van der Waals surface area (Å²) in [7, 11) is -4.04. The highest BCUT2D eigenvalue weighted by atomic mass is 32.2. The van der Waals surface area contributed by atoms with E-state index in [-0.39, 0.29) is 11.4 Å². The van der Waals surface area contributed by atoms with Gasteiger partial charge in [-0.05, 0) is 62.3 Å². The number of aliphatic carboxylic acids is 1. The number of nitrogens with one attached hydrogen (secondary N) is 3. The Morgan fingerprint density at radius 1 is 0.972 bits per heavy atom. The number of carboxylic acid groups (broad SMARTS) is 1. The van der Waals surface area contributed by atoms with Gasteiger partial charge in [0.1, 0.15) is 6.04 Å². The Morgan fingerprint density at radius 2 is 1.61 bits per heavy atom. The normalized spacial score (nSPS) is 18.5. The van der Waals surface area contributed by atoms with Gasteiger partial charge in [0.15, 0.2) is 0 Å². The molecule has 2 aromatic carbocycles. The number of carboxylic acids is 1. The highest BCUT2D eigenvalue weighted by molar-refractivity contribution is 7.89. The molecule has 2 saturated heterocycles. The molecule has 0 saturated carbocycles. The van der Waals surface area contributed by atoms with Crippen molar-refractivity contribution < 1.29 is 23.1 Å². The maximum Gasteiger partial charge on any atom is 0.323 e. The van der Waals surface area contributed by atoms with Crippen LogP contribution in [0.4, 0.5) is 5.69 Å². The molecule has 1 atom stereocenters. The Balaban J connectivity index is 1.29. The van der Waals surface area contributed by atoms with Crippen molar-refractivity contribution in [1.82, 2.24) is 20.3 Å². The molecule has 4 rings (SSSR count). The van der Waals surface area contributed by atoms with E-state index in [0.29, 0.717) is 11.6 Å². The number of nitrogens with zero attached hydrogens (tertiary/aromatic N) is 2. The minimum absolute atomic E-state index is 0.0465. The van der Waals surface area contributed by atoms with Gasteiger partial charge in [-0.2, -0.15) is 4.72 Å². The molecule has 2 heterocycles. The van der Waals surface area contributed by atoms with Gasteiger partial charge in [0.25, 0.3) is 5.91 Å². The van der Waals surface area contributed by atoms with Gasteiger partial charge >= 0.3 is 5.97 Å². The van der Waals surface area contributed by atoms with E-state index >= 15 is 0 Å². The number of rotatable bonds is 9. The number of benzene rings is 2. The molecule has 0 aliphatic carbocycles. The molecule has 2 aromatic rings. The zero-order valence-electron chi connectivity index (χ0n) is 20.1. The summed E-state index contributed by atoms with van der Waals surface area (Å²) in [6.45, 7) is 5.67. The minimum atomic E-state index is -4.04. The van der Waals surface area contributed by atoms with E-state index in [1.165, 1.54) is 25.0 Å². The first-order chi connectivity index (χ1) is 17.3. The molecular formula is C25H33N5O5S. The number of sulfonamides is 1. The van der Waals surface area contributed by atoms with Gasteiger partial charge in [-0.15, -0.1) is 0 Å². The smallest absolute Gasteiger partial charge is 0.323 e. The summed E-state index contributed by atoms with van der Waals surface area (Å²) in [5.41, 5.74) is 1.41. The van der Waals surface area contributed by atoms with Crippen LogP contribution < -0.4 is 20.3 Å². The fourth-order valence-corrected chi connectivity index (χ4v) is 5.88. The Morgan fingerprint density at radius 3 is 2.22 bits per heavy atom. The Bertz CT molecular complexity index is 1130. The van der Waals surface area contributed by atoms with Crippen molar-refractivity contribution >= 4 is 27.6 Å². The highest BCUT2D eigenvalue weighted by Crippen LogP contribution is 2.20. The van der Waals surface area contributed by atoms with Crippen LogP contribution in [0.15, 0.2) is 59.5 Å². The van der Waals surface area contributed by atoms with Crippen LogP contribution in [-0.4, -0.2) is 88.2 Å². The van der Waals surface area contributed by atoms with Crippen molar-refractivity contribution in [2.45, 2.75) is 29.8 Å². The van der Waals surface area contributed by atoms with E-state index in [1.807, 2.05) is 12.1 Å². The van der Waals surface area contributed by atoms with Crippen LogP contribution in [-0.2, 0) is 14.8 Å². The summed E-state index contributed by atoms with van der Waals surface area (Å²) in [5.74, 6) is -1.85. The first-order valence-electron chi connectivity index (χ1n) is 12.2. The number of amides is 1. The molecule has 0 bridgehead atoms. The number of piperazine rings is 1. The van der Waals surface area contributed by atoms with Gasteiger partial charge in [-0.1, -0.05) is 18.2 Å². The SMILES string of the molecule is O=C(NC[C@H](NS(=O)(=O)c1ccccc1)C(=O)O)c1ccc(N2CCN(C3CCNCC3)CC2)cc1. The zero-order chi connectivity index (χ0) is 25.5. The van der Waals surface area contributed by atoms with Gasteiger partial charge in [-0.3, -0.25) is 14.5 Å². The maximum absolute atomic E-state index is 12.6. The van der Waals surface area contributed by atoms with Crippen molar-refractivity contribution in [2.75, 3.05) is 50.7 Å². The molecule has 2 aliphatic rings. The number of anilines is 1. The third-order valence-corrected chi connectivity index (χ3v) is 8.24. The van der Waals surface area contributed by atoms with Gasteiger partial charge in [0.2, 0.25) is 10.0 Å². The lowest BCUT2D eigenvalue weighted by Gasteiger charge is -2.41. The van der Waals surface area contributed by atoms with E-state index in [4.69, 9.17) is 0 Å². The van der Waals surface area contributed by atoms with Crippen LogP contribution in [0, 0.1) is 0 Å². The molecule has 0 radical (unpaired) electrons. The third-order valence-electron chi connectivity index (χ3n) is 6.75. The molecular weight excluding hydrogens is 482 g/mol. The molecule has 2 fully saturated rings. The van der Waals surface area contributed by atoms with Crippen LogP contribution in [0.2, 0.25) is 0 Å². The number of carbonyl (C=O) groups is 2. The van der Waals surface area contributed by atoms with E-state index in [2.05, 4.69) is 25.2 Å². The predicted octanol–water partition coefficient (Wildman–Crippen LogP) is 0.722. The summed E-state index contributed by atoms with van der Waals surface area (Å²) in [6, 6.07) is 13.8. The fourth-order valence-electron chi connectivity index (χ4n) is 4.67. The van der Waals surface area contributed by atoms with Crippen LogP contribution in [0.3, 0.4) is 0 Å². The summed E-state index contributed by atoms with van der Waals surface area (Å²) < 4.78 is 27.1. The van der Waals surface area contributed by atoms with Gasteiger partial charge in [-0.25, -0.2) is 8.42 Å². The molecule has 2 aliphatic heterocycles. The topological polar surface area (TPSA) is 131 Å². The standard InChI is InChI=1S/C25H33N5O5S/c31-24(27-18-23(25(32)33)28-36(34,35)22-4-2-1-3-5-22)19-6-8-20(9-7-19)29-14-16-30(17-15-29)21-10-12-26-13-11-21/h1-9,21,23,26,28H,10-18H2,(H,27,31)(H,32,33)/t23-/m0/s1. The molecule has 4 N–H and O–H groups in total. The lowest BCUT2D eigenvalue weighted by atomic mass is 10.0. The summed E-state index contributed by atoms with van der Waals surface area (Å²) in [4.78, 5) is 29.0. The zero-order valence-corrected chi connectivity index (χ0v) is 20.9. The quantitative estimate of drug-likeness (QED) is 0.384. The van der Waals surface area contributed by atoms with Crippen LogP contribution in [0.25, 0.3) is 0 Å². The molecule has 11 heteroatoms. The van der Waals surface area contributed by atoms with Crippen molar-refractivity contribution in [1.29, 1.82) is 0 Å². The first kappa shape index (κ1) is 26.1. The van der Waals surface area contributed by atoms with E-state index < -0.39 is 27.9 Å². The summed E-state index contributed by atoms with van der Waals surface area (Å²) in [6.07, 6.45) is 2.39. The molecule has 194 valence electrons. The Kier molecular flexibility index (Phi) is 8.57. The number of carbonyl (C=O) groups excluding carboxylic acids is 1. The molecule has 10 nitrogen and oxygen atoms in total. The van der Waals surface area contributed by atoms with Crippen LogP contribution in [0.5, 0.6) is 0 Å². The molecule has 0 aromatic heterocycles. The van der Waals surface area contributed by atoms with Gasteiger partial charge < -0.3 is 20.6 Å². The third kappa shape index (κ3) is 6.61. The van der Waals surface area contributed by atoms with Crippen LogP contribution >= 0.6 is 0 Å². The van der Waals surface area contributed by atoms with Crippen molar-refractivity contribution in [2.24, 2.45) is 0 Å². The molecule has 1 amide bonds. The lowest BCUT2D eigenvalue weighted by molar-refractivity contribution is -0.138. The van der Waals surface area contributed by atoms with Gasteiger partial charge in [0, 0.05) is 50.0 Å². The highest BCUT2D eigenvalue weighted by Gasteiger charge is 2.27.